The second kappa shape index (κ2) is 5.79. The Kier molecular flexibility index (Phi) is 4.11. The van der Waals surface area contributed by atoms with Gasteiger partial charge in [0.2, 0.25) is 0 Å². The lowest BCUT2D eigenvalue weighted by Crippen LogP contribution is -2.18. The van der Waals surface area contributed by atoms with E-state index in [-0.39, 0.29) is 5.69 Å². The number of carboxylic acids is 1. The van der Waals surface area contributed by atoms with Crippen LogP contribution in [0.1, 0.15) is 27.3 Å². The molecule has 0 radical (unpaired) electrons. The number of aryl methyl sites for hydroxylation is 1. The van der Waals surface area contributed by atoms with Gasteiger partial charge in [0.15, 0.2) is 5.69 Å². The maximum Gasteiger partial charge on any atom is 0.354 e. The Morgan fingerprint density at radius 3 is 2.89 bits per heavy atom. The lowest BCUT2D eigenvalue weighted by Gasteiger charge is -2.16. The normalized spacial score (nSPS) is 10.4. The minimum atomic E-state index is -1.02. The summed E-state index contributed by atoms with van der Waals surface area (Å²) in [6.07, 6.45) is 2.86. The second-order valence-electron chi connectivity index (χ2n) is 4.12. The number of rotatable bonds is 5. The van der Waals surface area contributed by atoms with Crippen LogP contribution < -0.4 is 4.90 Å². The van der Waals surface area contributed by atoms with Gasteiger partial charge in [0.1, 0.15) is 10.8 Å². The monoisotopic (exact) mass is 277 g/mol. The van der Waals surface area contributed by atoms with Crippen molar-refractivity contribution >= 4 is 23.1 Å². The van der Waals surface area contributed by atoms with Gasteiger partial charge in [-0.2, -0.15) is 0 Å². The molecule has 2 rings (SSSR count). The van der Waals surface area contributed by atoms with Crippen LogP contribution in [0.2, 0.25) is 0 Å². The van der Waals surface area contributed by atoms with Crippen LogP contribution >= 0.6 is 11.3 Å². The number of pyridine rings is 1. The summed E-state index contributed by atoms with van der Waals surface area (Å²) in [7, 11) is 1.88. The predicted molar refractivity (Wildman–Crippen MR) is 74.8 cm³/mol. The van der Waals surface area contributed by atoms with E-state index in [1.165, 1.54) is 10.9 Å². The first-order chi connectivity index (χ1) is 9.10. The molecule has 0 fully saturated rings. The smallest absolute Gasteiger partial charge is 0.354 e. The minimum Gasteiger partial charge on any atom is -0.477 e. The van der Waals surface area contributed by atoms with E-state index in [1.54, 1.807) is 23.5 Å². The highest BCUT2D eigenvalue weighted by Crippen LogP contribution is 2.18. The molecule has 0 aliphatic rings. The largest absolute Gasteiger partial charge is 0.477 e. The minimum absolute atomic E-state index is 0.0535. The highest BCUT2D eigenvalue weighted by atomic mass is 32.1. The Balaban J connectivity index is 2.12. The zero-order valence-corrected chi connectivity index (χ0v) is 11.6. The molecule has 1 N–H and O–H groups in total. The van der Waals surface area contributed by atoms with E-state index >= 15 is 0 Å². The van der Waals surface area contributed by atoms with Crippen molar-refractivity contribution in [3.63, 3.8) is 0 Å². The predicted octanol–water partition coefficient (Wildman–Crippen LogP) is 2.44. The molecule has 5 nitrogen and oxygen atoms in total. The molecule has 0 aromatic carbocycles. The Hall–Kier alpha value is -1.95. The van der Waals surface area contributed by atoms with Crippen LogP contribution in [0.3, 0.4) is 0 Å². The van der Waals surface area contributed by atoms with Crippen LogP contribution in [-0.2, 0) is 13.0 Å². The summed E-state index contributed by atoms with van der Waals surface area (Å²) in [4.78, 5) is 22.5. The molecular weight excluding hydrogens is 262 g/mol. The summed E-state index contributed by atoms with van der Waals surface area (Å²) in [5, 5.41) is 9.93. The highest BCUT2D eigenvalue weighted by molar-refractivity contribution is 7.11. The third-order valence-electron chi connectivity index (χ3n) is 2.67. The van der Waals surface area contributed by atoms with Crippen molar-refractivity contribution in [1.29, 1.82) is 0 Å². The Bertz CT molecular complexity index is 583. The average molecular weight is 277 g/mol. The first-order valence-electron chi connectivity index (χ1n) is 5.95. The molecule has 2 aromatic rings. The maximum atomic E-state index is 10.9. The van der Waals surface area contributed by atoms with Crippen molar-refractivity contribution in [3.05, 3.63) is 40.0 Å². The van der Waals surface area contributed by atoms with Crippen molar-refractivity contribution in [3.8, 4) is 0 Å². The van der Waals surface area contributed by atoms with E-state index in [2.05, 4.69) is 16.9 Å². The molecule has 100 valence electrons. The third-order valence-corrected chi connectivity index (χ3v) is 3.79. The molecule has 2 aromatic heterocycles. The molecule has 6 heteroatoms. The van der Waals surface area contributed by atoms with E-state index in [0.29, 0.717) is 12.4 Å². The second-order valence-corrected chi connectivity index (χ2v) is 5.32. The lowest BCUT2D eigenvalue weighted by molar-refractivity contribution is 0.0690. The number of hydrogen-bond donors (Lipinski definition) is 1. The van der Waals surface area contributed by atoms with Crippen LogP contribution in [0, 0.1) is 0 Å². The van der Waals surface area contributed by atoms with Crippen LogP contribution in [0.25, 0.3) is 0 Å². The fraction of sp³-hybridized carbons (Fsp3) is 0.308. The molecule has 19 heavy (non-hydrogen) atoms. The molecule has 0 saturated carbocycles. The molecule has 0 unspecified atom stereocenters. The highest BCUT2D eigenvalue weighted by Gasteiger charge is 2.10. The van der Waals surface area contributed by atoms with E-state index in [0.717, 1.165) is 11.4 Å². The molecule has 0 saturated heterocycles. The number of nitrogens with zero attached hydrogens (tertiary/aromatic N) is 3. The van der Waals surface area contributed by atoms with Crippen LogP contribution in [0.4, 0.5) is 5.82 Å². The molecule has 0 aliphatic heterocycles. The first-order valence-corrected chi connectivity index (χ1v) is 6.77. The summed E-state index contributed by atoms with van der Waals surface area (Å²) < 4.78 is 0. The standard InChI is InChI=1S/C13H15N3O2S/c1-3-9-7-14-12(19-9)8-16(2)11-6-4-5-10(15-11)13(17)18/h4-7H,3,8H2,1-2H3,(H,17,18). The fourth-order valence-corrected chi connectivity index (χ4v) is 2.54. The Labute approximate surface area is 115 Å². The van der Waals surface area contributed by atoms with Crippen molar-refractivity contribution in [2.24, 2.45) is 0 Å². The van der Waals surface area contributed by atoms with Crippen LogP contribution in [-0.4, -0.2) is 28.1 Å². The number of aromatic nitrogens is 2. The van der Waals surface area contributed by atoms with E-state index in [4.69, 9.17) is 5.11 Å². The molecule has 0 bridgehead atoms. The van der Waals surface area contributed by atoms with Crippen molar-refractivity contribution in [2.75, 3.05) is 11.9 Å². The van der Waals surface area contributed by atoms with Gasteiger partial charge in [-0.25, -0.2) is 14.8 Å². The zero-order chi connectivity index (χ0) is 13.8. The summed E-state index contributed by atoms with van der Waals surface area (Å²) in [6.45, 7) is 2.72. The van der Waals surface area contributed by atoms with Gasteiger partial charge in [-0.15, -0.1) is 11.3 Å². The first kappa shape index (κ1) is 13.5. The Morgan fingerprint density at radius 2 is 2.26 bits per heavy atom. The number of thiazole rings is 1. The molecule has 0 spiro atoms. The van der Waals surface area contributed by atoms with Gasteiger partial charge < -0.3 is 10.0 Å². The molecule has 0 aliphatic carbocycles. The molecule has 2 heterocycles. The fourth-order valence-electron chi connectivity index (χ4n) is 1.62. The van der Waals surface area contributed by atoms with Gasteiger partial charge in [0, 0.05) is 18.1 Å². The summed E-state index contributed by atoms with van der Waals surface area (Å²) in [5.74, 6) is -0.383. The summed E-state index contributed by atoms with van der Waals surface area (Å²) in [5.41, 5.74) is 0.0535. The van der Waals surface area contributed by atoms with Gasteiger partial charge in [0.05, 0.1) is 6.54 Å². The van der Waals surface area contributed by atoms with E-state index < -0.39 is 5.97 Å². The number of hydrogen-bond acceptors (Lipinski definition) is 5. The third kappa shape index (κ3) is 3.29. The van der Waals surface area contributed by atoms with E-state index in [1.807, 2.05) is 18.1 Å². The quantitative estimate of drug-likeness (QED) is 0.909. The van der Waals surface area contributed by atoms with E-state index in [9.17, 15) is 4.79 Å². The van der Waals surface area contributed by atoms with Gasteiger partial charge in [0.25, 0.3) is 0 Å². The number of anilines is 1. The topological polar surface area (TPSA) is 66.3 Å². The van der Waals surface area contributed by atoms with Gasteiger partial charge in [-0.3, -0.25) is 0 Å². The summed E-state index contributed by atoms with van der Waals surface area (Å²) >= 11 is 1.67. The molecule has 0 atom stereocenters. The van der Waals surface area contributed by atoms with Crippen LogP contribution in [0.15, 0.2) is 24.4 Å². The van der Waals surface area contributed by atoms with Gasteiger partial charge >= 0.3 is 5.97 Å². The van der Waals surface area contributed by atoms with Gasteiger partial charge in [-0.1, -0.05) is 13.0 Å². The molecular formula is C13H15N3O2S. The summed E-state index contributed by atoms with van der Waals surface area (Å²) in [6, 6.07) is 4.97. The maximum absolute atomic E-state index is 10.9. The SMILES string of the molecule is CCc1cnc(CN(C)c2cccc(C(=O)O)n2)s1. The number of carboxylic acid groups (broad SMARTS) is 1. The van der Waals surface area contributed by atoms with Crippen molar-refractivity contribution in [2.45, 2.75) is 19.9 Å². The zero-order valence-electron chi connectivity index (χ0n) is 10.8. The van der Waals surface area contributed by atoms with Crippen molar-refractivity contribution in [1.82, 2.24) is 9.97 Å². The number of aromatic carboxylic acids is 1. The lowest BCUT2D eigenvalue weighted by atomic mass is 10.3. The van der Waals surface area contributed by atoms with Gasteiger partial charge in [-0.05, 0) is 18.6 Å². The average Bonchev–Trinajstić information content (AvgIpc) is 2.86. The Morgan fingerprint density at radius 1 is 1.47 bits per heavy atom. The molecule has 0 amide bonds. The number of carbonyl (C=O) groups is 1. The van der Waals surface area contributed by atoms with Crippen molar-refractivity contribution < 1.29 is 9.90 Å². The van der Waals surface area contributed by atoms with Crippen LogP contribution in [0.5, 0.6) is 0 Å².